The molecule has 5 heteroatoms. The number of nitrogens with one attached hydrogen (secondary N) is 1. The minimum atomic E-state index is -0.895. The van der Waals surface area contributed by atoms with E-state index in [0.29, 0.717) is 17.4 Å². The number of carboxylic acids is 1. The van der Waals surface area contributed by atoms with Crippen molar-refractivity contribution in [2.24, 2.45) is 0 Å². The van der Waals surface area contributed by atoms with Gasteiger partial charge in [0.1, 0.15) is 5.82 Å². The monoisotopic (exact) mass is 291 g/mol. The van der Waals surface area contributed by atoms with Crippen LogP contribution in [0.4, 0.5) is 5.82 Å². The van der Waals surface area contributed by atoms with Crippen molar-refractivity contribution < 1.29 is 9.90 Å². The summed E-state index contributed by atoms with van der Waals surface area (Å²) in [5, 5.41) is 12.6. The largest absolute Gasteiger partial charge is 0.478 e. The Balaban J connectivity index is 2.00. The van der Waals surface area contributed by atoms with Gasteiger partial charge in [-0.2, -0.15) is 0 Å². The summed E-state index contributed by atoms with van der Waals surface area (Å²) in [6.07, 6.45) is 4.10. The Morgan fingerprint density at radius 1 is 1.38 bits per heavy atom. The van der Waals surface area contributed by atoms with Crippen molar-refractivity contribution in [3.05, 3.63) is 23.4 Å². The maximum absolute atomic E-state index is 11.2. The van der Waals surface area contributed by atoms with E-state index in [2.05, 4.69) is 22.1 Å². The molecule has 0 bridgehead atoms. The summed E-state index contributed by atoms with van der Waals surface area (Å²) in [5.41, 5.74) is 1.13. The van der Waals surface area contributed by atoms with Crippen molar-refractivity contribution in [1.29, 1.82) is 0 Å². The van der Waals surface area contributed by atoms with E-state index in [4.69, 9.17) is 5.11 Å². The molecule has 1 fully saturated rings. The second-order valence-corrected chi connectivity index (χ2v) is 5.65. The smallest absolute Gasteiger partial charge is 0.335 e. The van der Waals surface area contributed by atoms with E-state index in [-0.39, 0.29) is 0 Å². The zero-order valence-electron chi connectivity index (χ0n) is 12.9. The molecule has 0 spiro atoms. The van der Waals surface area contributed by atoms with Gasteiger partial charge in [0, 0.05) is 24.8 Å². The molecule has 2 rings (SSSR count). The molecule has 2 N–H and O–H groups in total. The van der Waals surface area contributed by atoms with Crippen molar-refractivity contribution in [3.63, 3.8) is 0 Å². The van der Waals surface area contributed by atoms with E-state index in [0.717, 1.165) is 38.0 Å². The van der Waals surface area contributed by atoms with Gasteiger partial charge in [-0.05, 0) is 44.4 Å². The van der Waals surface area contributed by atoms with Crippen molar-refractivity contribution in [2.45, 2.75) is 45.6 Å². The van der Waals surface area contributed by atoms with E-state index in [1.54, 1.807) is 12.1 Å². The molecule has 1 aliphatic heterocycles. The number of carboxylic acid groups (broad SMARTS) is 1. The van der Waals surface area contributed by atoms with Crippen LogP contribution in [0.5, 0.6) is 0 Å². The Kier molecular flexibility index (Phi) is 5.56. The summed E-state index contributed by atoms with van der Waals surface area (Å²) in [6.45, 7) is 7.56. The summed E-state index contributed by atoms with van der Waals surface area (Å²) in [4.78, 5) is 18.1. The number of rotatable bonds is 6. The Morgan fingerprint density at radius 2 is 2.10 bits per heavy atom. The van der Waals surface area contributed by atoms with Gasteiger partial charge in [-0.15, -0.1) is 0 Å². The summed E-state index contributed by atoms with van der Waals surface area (Å²) >= 11 is 0. The molecule has 0 amide bonds. The van der Waals surface area contributed by atoms with Crippen LogP contribution in [-0.2, 0) is 6.42 Å². The fraction of sp³-hybridized carbons (Fsp3) is 0.625. The Morgan fingerprint density at radius 3 is 2.67 bits per heavy atom. The van der Waals surface area contributed by atoms with E-state index in [1.165, 1.54) is 13.0 Å². The maximum Gasteiger partial charge on any atom is 0.335 e. The molecule has 0 radical (unpaired) electrons. The van der Waals surface area contributed by atoms with E-state index < -0.39 is 5.97 Å². The first-order chi connectivity index (χ1) is 10.1. The van der Waals surface area contributed by atoms with Gasteiger partial charge < -0.3 is 15.3 Å². The number of hydrogen-bond donors (Lipinski definition) is 2. The lowest BCUT2D eigenvalue weighted by Gasteiger charge is -2.32. The number of aryl methyl sites for hydroxylation is 1. The van der Waals surface area contributed by atoms with E-state index in [9.17, 15) is 4.79 Å². The number of nitrogens with zero attached hydrogens (tertiary/aromatic N) is 2. The number of aromatic nitrogens is 1. The minimum Gasteiger partial charge on any atom is -0.478 e. The number of likely N-dealkylation sites (tertiary alicyclic amines) is 1. The van der Waals surface area contributed by atoms with Gasteiger partial charge in [0.25, 0.3) is 0 Å². The Labute approximate surface area is 126 Å². The normalized spacial score (nSPS) is 16.9. The lowest BCUT2D eigenvalue weighted by atomic mass is 10.0. The van der Waals surface area contributed by atoms with Gasteiger partial charge in [-0.25, -0.2) is 9.78 Å². The predicted octanol–water partition coefficient (Wildman–Crippen LogP) is 2.63. The van der Waals surface area contributed by atoms with Crippen molar-refractivity contribution in [3.8, 4) is 0 Å². The van der Waals surface area contributed by atoms with Crippen LogP contribution in [0.2, 0.25) is 0 Å². The highest BCUT2D eigenvalue weighted by Crippen LogP contribution is 2.17. The van der Waals surface area contributed by atoms with Crippen LogP contribution < -0.4 is 5.32 Å². The zero-order valence-corrected chi connectivity index (χ0v) is 12.9. The third kappa shape index (κ3) is 4.43. The molecular weight excluding hydrogens is 266 g/mol. The van der Waals surface area contributed by atoms with Crippen LogP contribution in [-0.4, -0.2) is 46.6 Å². The van der Waals surface area contributed by atoms with Crippen LogP contribution in [0.3, 0.4) is 0 Å². The molecule has 0 aliphatic carbocycles. The second-order valence-electron chi connectivity index (χ2n) is 5.65. The fourth-order valence-corrected chi connectivity index (χ4v) is 2.79. The number of aromatic carboxylic acids is 1. The molecular formula is C16H25N3O2. The number of pyridine rings is 1. The average molecular weight is 291 g/mol. The molecule has 5 nitrogen and oxygen atoms in total. The molecule has 0 saturated carbocycles. The fourth-order valence-electron chi connectivity index (χ4n) is 2.79. The maximum atomic E-state index is 11.2. The molecule has 116 valence electrons. The third-order valence-corrected chi connectivity index (χ3v) is 3.97. The Bertz CT molecular complexity index is 482. The molecule has 1 saturated heterocycles. The molecule has 1 aromatic heterocycles. The summed E-state index contributed by atoms with van der Waals surface area (Å²) in [6, 6.07) is 3.68. The summed E-state index contributed by atoms with van der Waals surface area (Å²) in [5.74, 6) is -0.200. The quantitative estimate of drug-likeness (QED) is 0.843. The van der Waals surface area contributed by atoms with Gasteiger partial charge in [-0.1, -0.05) is 13.8 Å². The first kappa shape index (κ1) is 15.8. The molecule has 0 unspecified atom stereocenters. The molecule has 1 aromatic rings. The zero-order chi connectivity index (χ0) is 15.2. The molecule has 0 aromatic carbocycles. The van der Waals surface area contributed by atoms with E-state index in [1.807, 2.05) is 6.92 Å². The lowest BCUT2D eigenvalue weighted by molar-refractivity contribution is 0.0696. The van der Waals surface area contributed by atoms with Gasteiger partial charge in [-0.3, -0.25) is 0 Å². The molecule has 0 atom stereocenters. The van der Waals surface area contributed by atoms with Gasteiger partial charge in [0.2, 0.25) is 0 Å². The summed E-state index contributed by atoms with van der Waals surface area (Å²) in [7, 11) is 0. The Hall–Kier alpha value is -1.62. The molecule has 21 heavy (non-hydrogen) atoms. The topological polar surface area (TPSA) is 65.5 Å². The highest BCUT2D eigenvalue weighted by Gasteiger charge is 2.19. The average Bonchev–Trinajstić information content (AvgIpc) is 2.49. The SMILES string of the molecule is CCCN1CCC(Nc2cc(C(=O)O)cc(CC)n2)CC1. The third-order valence-electron chi connectivity index (χ3n) is 3.97. The highest BCUT2D eigenvalue weighted by molar-refractivity contribution is 5.88. The van der Waals surface area contributed by atoms with Crippen molar-refractivity contribution in [2.75, 3.05) is 25.0 Å². The van der Waals surface area contributed by atoms with Crippen LogP contribution in [0.25, 0.3) is 0 Å². The summed E-state index contributed by atoms with van der Waals surface area (Å²) < 4.78 is 0. The predicted molar refractivity (Wildman–Crippen MR) is 84.0 cm³/mol. The number of piperidine rings is 1. The number of anilines is 1. The van der Waals surface area contributed by atoms with Crippen LogP contribution in [0.1, 0.15) is 49.2 Å². The van der Waals surface area contributed by atoms with Crippen LogP contribution in [0, 0.1) is 0 Å². The number of hydrogen-bond acceptors (Lipinski definition) is 4. The van der Waals surface area contributed by atoms with Crippen LogP contribution in [0.15, 0.2) is 12.1 Å². The first-order valence-corrected chi connectivity index (χ1v) is 7.85. The number of carbonyl (C=O) groups is 1. The molecule has 2 heterocycles. The highest BCUT2D eigenvalue weighted by atomic mass is 16.4. The minimum absolute atomic E-state index is 0.313. The standard InChI is InChI=1S/C16H25N3O2/c1-3-7-19-8-5-14(6-9-19)18-15-11-12(16(20)21)10-13(4-2)17-15/h10-11,14H,3-9H2,1-2H3,(H,17,18)(H,20,21). The van der Waals surface area contributed by atoms with Crippen molar-refractivity contribution >= 4 is 11.8 Å². The first-order valence-electron chi connectivity index (χ1n) is 7.85. The molecule has 1 aliphatic rings. The second kappa shape index (κ2) is 7.41. The van der Waals surface area contributed by atoms with Gasteiger partial charge in [0.15, 0.2) is 0 Å². The van der Waals surface area contributed by atoms with Gasteiger partial charge in [0.05, 0.1) is 5.56 Å². The van der Waals surface area contributed by atoms with Crippen LogP contribution >= 0.6 is 0 Å². The van der Waals surface area contributed by atoms with Crippen molar-refractivity contribution in [1.82, 2.24) is 9.88 Å². The van der Waals surface area contributed by atoms with E-state index >= 15 is 0 Å². The lowest BCUT2D eigenvalue weighted by Crippen LogP contribution is -2.39. The van der Waals surface area contributed by atoms with Gasteiger partial charge >= 0.3 is 5.97 Å².